The molecule has 1 aromatic rings. The number of amides is 1. The van der Waals surface area contributed by atoms with Gasteiger partial charge < -0.3 is 14.8 Å². The summed E-state index contributed by atoms with van der Waals surface area (Å²) in [4.78, 5) is 23.5. The van der Waals surface area contributed by atoms with Gasteiger partial charge in [-0.1, -0.05) is 19.1 Å². The lowest BCUT2D eigenvalue weighted by Crippen LogP contribution is -2.22. The van der Waals surface area contributed by atoms with Crippen molar-refractivity contribution in [2.75, 3.05) is 20.8 Å². The van der Waals surface area contributed by atoms with E-state index in [2.05, 4.69) is 5.32 Å². The minimum Gasteiger partial charge on any atom is -0.496 e. The van der Waals surface area contributed by atoms with Crippen LogP contribution < -0.4 is 10.1 Å². The van der Waals surface area contributed by atoms with Crippen LogP contribution in [0.25, 0.3) is 0 Å². The van der Waals surface area contributed by atoms with Crippen molar-refractivity contribution in [2.24, 2.45) is 0 Å². The molecule has 0 fully saturated rings. The van der Waals surface area contributed by atoms with Gasteiger partial charge in [-0.3, -0.25) is 9.59 Å². The second-order valence-corrected chi connectivity index (χ2v) is 3.97. The molecule has 1 N–H and O–H groups in total. The molecule has 0 spiro atoms. The fraction of sp³-hybridized carbons (Fsp3) is 0.429. The average Bonchev–Trinajstić information content (AvgIpc) is 2.43. The second-order valence-electron chi connectivity index (χ2n) is 3.97. The minimum absolute atomic E-state index is 0.0555. The molecule has 5 nitrogen and oxygen atoms in total. The third-order valence-corrected chi connectivity index (χ3v) is 2.59. The molecule has 0 aliphatic rings. The van der Waals surface area contributed by atoms with Crippen LogP contribution in [0.5, 0.6) is 5.75 Å². The summed E-state index contributed by atoms with van der Waals surface area (Å²) < 4.78 is 10.2. The van der Waals surface area contributed by atoms with Crippen LogP contribution in [0, 0.1) is 0 Å². The Kier molecular flexibility index (Phi) is 5.85. The van der Waals surface area contributed by atoms with E-state index in [-0.39, 0.29) is 18.3 Å². The fourth-order valence-electron chi connectivity index (χ4n) is 1.70. The van der Waals surface area contributed by atoms with Gasteiger partial charge in [0.05, 0.1) is 25.7 Å². The number of carbonyl (C=O) groups is 2. The molecule has 1 rings (SSSR count). The molecule has 0 aliphatic carbocycles. The van der Waals surface area contributed by atoms with Crippen LogP contribution in [0.1, 0.15) is 29.3 Å². The Hall–Kier alpha value is -2.04. The molecule has 104 valence electrons. The van der Waals surface area contributed by atoms with Crippen LogP contribution >= 0.6 is 0 Å². The van der Waals surface area contributed by atoms with Crippen molar-refractivity contribution in [3.05, 3.63) is 29.3 Å². The van der Waals surface area contributed by atoms with Crippen LogP contribution in [-0.4, -0.2) is 32.6 Å². The maximum absolute atomic E-state index is 11.9. The summed E-state index contributed by atoms with van der Waals surface area (Å²) in [6.45, 7) is 2.31. The Morgan fingerprint density at radius 2 is 2.05 bits per heavy atom. The lowest BCUT2D eigenvalue weighted by Gasteiger charge is -2.12. The van der Waals surface area contributed by atoms with E-state index in [1.54, 1.807) is 18.2 Å². The monoisotopic (exact) mass is 265 g/mol. The van der Waals surface area contributed by atoms with Crippen molar-refractivity contribution in [1.82, 2.24) is 5.32 Å². The highest BCUT2D eigenvalue weighted by atomic mass is 16.5. The largest absolute Gasteiger partial charge is 0.496 e. The third-order valence-electron chi connectivity index (χ3n) is 2.59. The molecule has 0 aliphatic heterocycles. The van der Waals surface area contributed by atoms with Crippen molar-refractivity contribution >= 4 is 11.9 Å². The van der Waals surface area contributed by atoms with Gasteiger partial charge in [-0.05, 0) is 18.1 Å². The molecular weight excluding hydrogens is 246 g/mol. The van der Waals surface area contributed by atoms with Gasteiger partial charge in [0.1, 0.15) is 5.75 Å². The lowest BCUT2D eigenvalue weighted by atomic mass is 10.0. The molecule has 19 heavy (non-hydrogen) atoms. The predicted molar refractivity (Wildman–Crippen MR) is 71.3 cm³/mol. The standard InChI is InChI=1S/C14H19NO4/c1-4-8-19-12(16)9-10-6-5-7-11(18-3)13(10)14(17)15-2/h5-7H,4,8-9H2,1-3H3,(H,15,17). The number of ether oxygens (including phenoxy) is 2. The first-order valence-electron chi connectivity index (χ1n) is 6.17. The first-order valence-corrected chi connectivity index (χ1v) is 6.17. The van der Waals surface area contributed by atoms with E-state index in [9.17, 15) is 9.59 Å². The zero-order valence-electron chi connectivity index (χ0n) is 11.5. The van der Waals surface area contributed by atoms with Gasteiger partial charge in [-0.25, -0.2) is 0 Å². The molecule has 0 saturated carbocycles. The van der Waals surface area contributed by atoms with E-state index in [0.29, 0.717) is 23.5 Å². The average molecular weight is 265 g/mol. The zero-order chi connectivity index (χ0) is 14.3. The number of nitrogens with one attached hydrogen (secondary N) is 1. The highest BCUT2D eigenvalue weighted by Crippen LogP contribution is 2.22. The summed E-state index contributed by atoms with van der Waals surface area (Å²) in [5.41, 5.74) is 0.973. The molecule has 0 aromatic heterocycles. The molecule has 0 atom stereocenters. The summed E-state index contributed by atoms with van der Waals surface area (Å²) >= 11 is 0. The van der Waals surface area contributed by atoms with E-state index >= 15 is 0 Å². The van der Waals surface area contributed by atoms with Crippen LogP contribution in [-0.2, 0) is 16.0 Å². The Balaban J connectivity index is 2.99. The number of esters is 1. The number of rotatable bonds is 6. The first-order chi connectivity index (χ1) is 9.13. The first kappa shape index (κ1) is 15.0. The third kappa shape index (κ3) is 3.98. The molecule has 0 bridgehead atoms. The summed E-state index contributed by atoms with van der Waals surface area (Å²) in [6.07, 6.45) is 0.826. The summed E-state index contributed by atoms with van der Waals surface area (Å²) in [7, 11) is 3.02. The number of benzene rings is 1. The van der Waals surface area contributed by atoms with Gasteiger partial charge in [0, 0.05) is 7.05 Å². The predicted octanol–water partition coefficient (Wildman–Crippen LogP) is 1.55. The van der Waals surface area contributed by atoms with E-state index < -0.39 is 0 Å². The van der Waals surface area contributed by atoms with Crippen molar-refractivity contribution < 1.29 is 19.1 Å². The Morgan fingerprint density at radius 3 is 2.63 bits per heavy atom. The number of carbonyl (C=O) groups excluding carboxylic acids is 2. The fourth-order valence-corrected chi connectivity index (χ4v) is 1.70. The Labute approximate surface area is 112 Å². The summed E-state index contributed by atoms with van der Waals surface area (Å²) in [5, 5.41) is 2.54. The van der Waals surface area contributed by atoms with Crippen LogP contribution in [0.2, 0.25) is 0 Å². The number of hydrogen-bond donors (Lipinski definition) is 1. The van der Waals surface area contributed by atoms with E-state index in [1.807, 2.05) is 6.92 Å². The van der Waals surface area contributed by atoms with Crippen LogP contribution in [0.15, 0.2) is 18.2 Å². The van der Waals surface area contributed by atoms with Crippen LogP contribution in [0.4, 0.5) is 0 Å². The molecule has 0 heterocycles. The number of methoxy groups -OCH3 is 1. The molecule has 0 saturated heterocycles. The van der Waals surface area contributed by atoms with E-state index in [1.165, 1.54) is 14.2 Å². The molecule has 1 amide bonds. The van der Waals surface area contributed by atoms with Gasteiger partial charge in [0.15, 0.2) is 0 Å². The molecule has 0 radical (unpaired) electrons. The van der Waals surface area contributed by atoms with Crippen molar-refractivity contribution in [2.45, 2.75) is 19.8 Å². The molecule has 0 unspecified atom stereocenters. The van der Waals surface area contributed by atoms with E-state index in [4.69, 9.17) is 9.47 Å². The Bertz CT molecular complexity index is 457. The maximum atomic E-state index is 11.9. The molecule has 1 aromatic carbocycles. The van der Waals surface area contributed by atoms with E-state index in [0.717, 1.165) is 6.42 Å². The SMILES string of the molecule is CCCOC(=O)Cc1cccc(OC)c1C(=O)NC. The molecule has 5 heteroatoms. The van der Waals surface area contributed by atoms with Crippen molar-refractivity contribution in [1.29, 1.82) is 0 Å². The normalized spacial score (nSPS) is 9.84. The summed E-state index contributed by atoms with van der Waals surface area (Å²) in [5.74, 6) is -0.184. The highest BCUT2D eigenvalue weighted by Gasteiger charge is 2.18. The van der Waals surface area contributed by atoms with Gasteiger partial charge in [-0.2, -0.15) is 0 Å². The second kappa shape index (κ2) is 7.41. The topological polar surface area (TPSA) is 64.6 Å². The Morgan fingerprint density at radius 1 is 1.32 bits per heavy atom. The van der Waals surface area contributed by atoms with Crippen molar-refractivity contribution in [3.63, 3.8) is 0 Å². The maximum Gasteiger partial charge on any atom is 0.310 e. The zero-order valence-corrected chi connectivity index (χ0v) is 11.5. The van der Waals surface area contributed by atoms with Gasteiger partial charge in [0.25, 0.3) is 5.91 Å². The van der Waals surface area contributed by atoms with Crippen molar-refractivity contribution in [3.8, 4) is 5.75 Å². The number of hydrogen-bond acceptors (Lipinski definition) is 4. The smallest absolute Gasteiger partial charge is 0.310 e. The quantitative estimate of drug-likeness (QED) is 0.793. The molecular formula is C14H19NO4. The lowest BCUT2D eigenvalue weighted by molar-refractivity contribution is -0.142. The highest BCUT2D eigenvalue weighted by molar-refractivity contribution is 5.99. The van der Waals surface area contributed by atoms with Gasteiger partial charge in [0.2, 0.25) is 0 Å². The van der Waals surface area contributed by atoms with Gasteiger partial charge in [-0.15, -0.1) is 0 Å². The minimum atomic E-state index is -0.347. The van der Waals surface area contributed by atoms with Gasteiger partial charge >= 0.3 is 5.97 Å². The van der Waals surface area contributed by atoms with Crippen LogP contribution in [0.3, 0.4) is 0 Å². The summed E-state index contributed by atoms with van der Waals surface area (Å²) in [6, 6.07) is 5.15.